The van der Waals surface area contributed by atoms with E-state index in [1.165, 1.54) is 23.5 Å². The van der Waals surface area contributed by atoms with Crippen LogP contribution in [0.15, 0.2) is 18.6 Å². The molecule has 10 heteroatoms. The standard InChI is InChI=1S/C18H24FN5O4/c19-14-7-15(17(26)22-16-8-20-5-6-21-16)24(10-14)18(27)13(9-23(28)11-25)4-3-12-1-2-12/h5-6,8,11-15,28H,1-4,7,9-10H2,(H,21,22,26). The zero-order valence-electron chi connectivity index (χ0n) is 15.4. The number of amides is 3. The van der Waals surface area contributed by atoms with Crippen LogP contribution in [0.2, 0.25) is 0 Å². The molecule has 1 aromatic heterocycles. The number of alkyl halides is 1. The lowest BCUT2D eigenvalue weighted by atomic mass is 9.99. The third kappa shape index (κ3) is 5.22. The van der Waals surface area contributed by atoms with Crippen molar-refractivity contribution in [3.8, 4) is 0 Å². The van der Waals surface area contributed by atoms with Crippen molar-refractivity contribution in [1.29, 1.82) is 0 Å². The molecule has 0 radical (unpaired) electrons. The maximum absolute atomic E-state index is 14.1. The van der Waals surface area contributed by atoms with Gasteiger partial charge in [0.05, 0.1) is 25.2 Å². The number of nitrogens with one attached hydrogen (secondary N) is 1. The Morgan fingerprint density at radius 1 is 1.43 bits per heavy atom. The molecule has 1 saturated heterocycles. The van der Waals surface area contributed by atoms with Crippen LogP contribution in [0.5, 0.6) is 0 Å². The molecular weight excluding hydrogens is 369 g/mol. The van der Waals surface area contributed by atoms with Crippen molar-refractivity contribution in [2.45, 2.75) is 44.3 Å². The van der Waals surface area contributed by atoms with Gasteiger partial charge in [-0.25, -0.2) is 14.4 Å². The van der Waals surface area contributed by atoms with Gasteiger partial charge in [0.25, 0.3) is 0 Å². The molecule has 2 heterocycles. The van der Waals surface area contributed by atoms with Crippen LogP contribution in [-0.2, 0) is 14.4 Å². The van der Waals surface area contributed by atoms with Crippen LogP contribution in [0, 0.1) is 11.8 Å². The Morgan fingerprint density at radius 3 is 2.86 bits per heavy atom. The van der Waals surface area contributed by atoms with E-state index in [2.05, 4.69) is 15.3 Å². The number of rotatable bonds is 9. The quantitative estimate of drug-likeness (QED) is 0.367. The largest absolute Gasteiger partial charge is 0.327 e. The van der Waals surface area contributed by atoms with E-state index in [-0.39, 0.29) is 31.7 Å². The number of carbonyl (C=O) groups is 3. The molecule has 0 bridgehead atoms. The molecule has 1 aromatic rings. The second kappa shape index (κ2) is 9.05. The lowest BCUT2D eigenvalue weighted by molar-refractivity contribution is -0.157. The summed E-state index contributed by atoms with van der Waals surface area (Å²) in [5.74, 6) is -0.878. The molecule has 2 fully saturated rings. The van der Waals surface area contributed by atoms with E-state index in [9.17, 15) is 24.0 Å². The van der Waals surface area contributed by atoms with Gasteiger partial charge in [-0.3, -0.25) is 24.6 Å². The molecule has 3 rings (SSSR count). The highest BCUT2D eigenvalue weighted by Crippen LogP contribution is 2.35. The first-order chi connectivity index (χ1) is 13.5. The van der Waals surface area contributed by atoms with E-state index in [4.69, 9.17) is 0 Å². The molecule has 28 heavy (non-hydrogen) atoms. The lowest BCUT2D eigenvalue weighted by Crippen LogP contribution is -2.47. The number of hydrogen-bond acceptors (Lipinski definition) is 6. The van der Waals surface area contributed by atoms with E-state index < -0.39 is 29.9 Å². The first-order valence-electron chi connectivity index (χ1n) is 9.40. The summed E-state index contributed by atoms with van der Waals surface area (Å²) < 4.78 is 14.1. The van der Waals surface area contributed by atoms with Gasteiger partial charge in [-0.15, -0.1) is 0 Å². The predicted molar refractivity (Wildman–Crippen MR) is 95.7 cm³/mol. The maximum atomic E-state index is 14.1. The molecule has 0 spiro atoms. The number of halogens is 1. The summed E-state index contributed by atoms with van der Waals surface area (Å²) >= 11 is 0. The van der Waals surface area contributed by atoms with E-state index >= 15 is 0 Å². The minimum Gasteiger partial charge on any atom is -0.327 e. The Kier molecular flexibility index (Phi) is 6.50. The monoisotopic (exact) mass is 393 g/mol. The lowest BCUT2D eigenvalue weighted by Gasteiger charge is -2.28. The van der Waals surface area contributed by atoms with Crippen LogP contribution in [0.25, 0.3) is 0 Å². The molecule has 1 saturated carbocycles. The van der Waals surface area contributed by atoms with Gasteiger partial charge in [0.1, 0.15) is 12.2 Å². The fraction of sp³-hybridized carbons (Fsp3) is 0.611. The molecule has 3 amide bonds. The van der Waals surface area contributed by atoms with Crippen LogP contribution >= 0.6 is 0 Å². The zero-order valence-corrected chi connectivity index (χ0v) is 15.4. The summed E-state index contributed by atoms with van der Waals surface area (Å²) in [7, 11) is 0. The average molecular weight is 393 g/mol. The third-order valence-electron chi connectivity index (χ3n) is 5.15. The highest BCUT2D eigenvalue weighted by atomic mass is 19.1. The van der Waals surface area contributed by atoms with Crippen LogP contribution in [0.1, 0.15) is 32.1 Å². The fourth-order valence-corrected chi connectivity index (χ4v) is 3.49. The summed E-state index contributed by atoms with van der Waals surface area (Å²) in [5, 5.41) is 12.5. The van der Waals surface area contributed by atoms with Gasteiger partial charge < -0.3 is 10.2 Å². The SMILES string of the molecule is O=CN(O)CC(CCC1CC1)C(=O)N1CC(F)CC1C(=O)Nc1cnccn1. The summed E-state index contributed by atoms with van der Waals surface area (Å²) in [6, 6.07) is -0.976. The van der Waals surface area contributed by atoms with E-state index in [1.807, 2.05) is 0 Å². The van der Waals surface area contributed by atoms with Crippen LogP contribution in [0.3, 0.4) is 0 Å². The highest BCUT2D eigenvalue weighted by molar-refractivity contribution is 5.97. The average Bonchev–Trinajstić information content (AvgIpc) is 3.44. The normalized spacial score (nSPS) is 22.6. The molecule has 0 aromatic carbocycles. The number of carbonyl (C=O) groups excluding carboxylic acids is 3. The Morgan fingerprint density at radius 2 is 2.21 bits per heavy atom. The molecule has 152 valence electrons. The van der Waals surface area contributed by atoms with Crippen molar-refractivity contribution in [2.75, 3.05) is 18.4 Å². The van der Waals surface area contributed by atoms with Crippen molar-refractivity contribution < 1.29 is 24.0 Å². The minimum absolute atomic E-state index is 0.107. The van der Waals surface area contributed by atoms with Crippen LogP contribution < -0.4 is 5.32 Å². The number of hydroxylamine groups is 2. The Balaban J connectivity index is 1.69. The number of aromatic nitrogens is 2. The third-order valence-corrected chi connectivity index (χ3v) is 5.15. The molecule has 1 aliphatic carbocycles. The van der Waals surface area contributed by atoms with Gasteiger partial charge in [0.2, 0.25) is 18.2 Å². The van der Waals surface area contributed by atoms with E-state index in [1.54, 1.807) is 0 Å². The van der Waals surface area contributed by atoms with Gasteiger partial charge in [0.15, 0.2) is 5.82 Å². The Bertz CT molecular complexity index is 702. The highest BCUT2D eigenvalue weighted by Gasteiger charge is 2.42. The molecule has 9 nitrogen and oxygen atoms in total. The molecular formula is C18H24FN5O4. The Labute approximate surface area is 161 Å². The topological polar surface area (TPSA) is 116 Å². The molecule has 3 unspecified atom stereocenters. The molecule has 3 atom stereocenters. The van der Waals surface area contributed by atoms with Crippen molar-refractivity contribution >= 4 is 24.0 Å². The smallest absolute Gasteiger partial charge is 0.248 e. The molecule has 2 aliphatic rings. The van der Waals surface area contributed by atoms with Crippen LogP contribution in [-0.4, -0.2) is 68.7 Å². The van der Waals surface area contributed by atoms with Crippen molar-refractivity contribution in [1.82, 2.24) is 19.9 Å². The van der Waals surface area contributed by atoms with E-state index in [0.717, 1.165) is 19.3 Å². The van der Waals surface area contributed by atoms with Gasteiger partial charge in [0, 0.05) is 18.8 Å². The van der Waals surface area contributed by atoms with Gasteiger partial charge >= 0.3 is 0 Å². The van der Waals surface area contributed by atoms with Gasteiger partial charge in [-0.05, 0) is 18.8 Å². The zero-order chi connectivity index (χ0) is 20.1. The second-order valence-electron chi connectivity index (χ2n) is 7.36. The number of anilines is 1. The maximum Gasteiger partial charge on any atom is 0.248 e. The molecule has 1 aliphatic heterocycles. The molecule has 2 N–H and O–H groups in total. The fourth-order valence-electron chi connectivity index (χ4n) is 3.49. The summed E-state index contributed by atoms with van der Waals surface area (Å²) in [6.07, 6.45) is 6.52. The van der Waals surface area contributed by atoms with Gasteiger partial charge in [-0.2, -0.15) is 0 Å². The first kappa shape index (κ1) is 20.1. The van der Waals surface area contributed by atoms with Crippen LogP contribution in [0.4, 0.5) is 10.2 Å². The number of likely N-dealkylation sites (tertiary alicyclic amines) is 1. The van der Waals surface area contributed by atoms with Gasteiger partial charge in [-0.1, -0.05) is 12.8 Å². The summed E-state index contributed by atoms with van der Waals surface area (Å²) in [6.45, 7) is -0.370. The Hall–Kier alpha value is -2.62. The summed E-state index contributed by atoms with van der Waals surface area (Å²) in [5.41, 5.74) is 0. The summed E-state index contributed by atoms with van der Waals surface area (Å²) in [4.78, 5) is 45.4. The van der Waals surface area contributed by atoms with Crippen molar-refractivity contribution in [3.05, 3.63) is 18.6 Å². The first-order valence-corrected chi connectivity index (χ1v) is 9.40. The van der Waals surface area contributed by atoms with Crippen molar-refractivity contribution in [2.24, 2.45) is 11.8 Å². The number of nitrogens with zero attached hydrogens (tertiary/aromatic N) is 4. The number of hydrogen-bond donors (Lipinski definition) is 2. The second-order valence-corrected chi connectivity index (χ2v) is 7.36. The minimum atomic E-state index is -1.32. The predicted octanol–water partition coefficient (Wildman–Crippen LogP) is 1.01. The van der Waals surface area contributed by atoms with E-state index in [0.29, 0.717) is 17.4 Å². The van der Waals surface area contributed by atoms with Crippen molar-refractivity contribution in [3.63, 3.8) is 0 Å².